The molecule has 1 saturated carbocycles. The standard InChI is InChI=1S/C32H32N6O3/c1-40-26-11-6-10-24(18-26)35-32(39)22-13-15-25(16-14-22)38-20-34-28-29(33)36-30(37-31(28)38)23-9-5-12-27(17-23)41-19-21-7-3-2-4-8-21/h2-12,17-18,20,22,25H,13-16,19H2,1H3,(H,35,39)(H2,33,36,37)/t22-,25+. The van der Waals surface area contributed by atoms with Crippen molar-refractivity contribution in [2.45, 2.75) is 38.3 Å². The lowest BCUT2D eigenvalue weighted by Crippen LogP contribution is -2.28. The molecule has 0 saturated heterocycles. The molecule has 41 heavy (non-hydrogen) atoms. The van der Waals surface area contributed by atoms with Crippen molar-refractivity contribution >= 4 is 28.6 Å². The smallest absolute Gasteiger partial charge is 0.227 e. The molecular formula is C32H32N6O3. The van der Waals surface area contributed by atoms with Gasteiger partial charge in [0.15, 0.2) is 17.3 Å². The molecule has 6 rings (SSSR count). The average Bonchev–Trinajstić information content (AvgIpc) is 3.45. The van der Waals surface area contributed by atoms with Crippen molar-refractivity contribution in [1.29, 1.82) is 0 Å². The van der Waals surface area contributed by atoms with E-state index in [4.69, 9.17) is 20.2 Å². The minimum atomic E-state index is -0.0545. The summed E-state index contributed by atoms with van der Waals surface area (Å²) in [6.07, 6.45) is 5.01. The minimum absolute atomic E-state index is 0.0374. The molecule has 0 bridgehead atoms. The van der Waals surface area contributed by atoms with Gasteiger partial charge in [0.25, 0.3) is 0 Å². The Hall–Kier alpha value is -4.92. The Kier molecular flexibility index (Phi) is 7.49. The van der Waals surface area contributed by atoms with Crippen molar-refractivity contribution in [3.63, 3.8) is 0 Å². The van der Waals surface area contributed by atoms with Gasteiger partial charge < -0.3 is 25.1 Å². The number of amides is 1. The van der Waals surface area contributed by atoms with Crippen molar-refractivity contribution in [2.75, 3.05) is 18.2 Å². The first-order chi connectivity index (χ1) is 20.1. The van der Waals surface area contributed by atoms with E-state index in [1.165, 1.54) is 0 Å². The van der Waals surface area contributed by atoms with E-state index in [-0.39, 0.29) is 17.9 Å². The summed E-state index contributed by atoms with van der Waals surface area (Å²) in [5.41, 5.74) is 10.3. The van der Waals surface area contributed by atoms with Gasteiger partial charge in [-0.1, -0.05) is 48.5 Å². The summed E-state index contributed by atoms with van der Waals surface area (Å²) in [4.78, 5) is 26.9. The molecule has 1 fully saturated rings. The normalized spacial score (nSPS) is 16.8. The number of aromatic nitrogens is 4. The van der Waals surface area contributed by atoms with Crippen molar-refractivity contribution in [2.24, 2.45) is 5.92 Å². The number of nitrogens with two attached hydrogens (primary N) is 1. The maximum absolute atomic E-state index is 13.0. The van der Waals surface area contributed by atoms with E-state index < -0.39 is 0 Å². The van der Waals surface area contributed by atoms with Crippen LogP contribution in [0.1, 0.15) is 37.3 Å². The molecule has 208 valence electrons. The molecule has 0 atom stereocenters. The second kappa shape index (κ2) is 11.7. The Morgan fingerprint density at radius 1 is 0.951 bits per heavy atom. The zero-order valence-electron chi connectivity index (χ0n) is 22.9. The topological polar surface area (TPSA) is 117 Å². The van der Waals surface area contributed by atoms with Gasteiger partial charge in [0.1, 0.15) is 23.6 Å². The minimum Gasteiger partial charge on any atom is -0.497 e. The molecule has 1 aliphatic rings. The van der Waals surface area contributed by atoms with Gasteiger partial charge in [-0.05, 0) is 55.5 Å². The van der Waals surface area contributed by atoms with Crippen LogP contribution < -0.4 is 20.5 Å². The van der Waals surface area contributed by atoms with Gasteiger partial charge in [0.05, 0.1) is 13.4 Å². The fourth-order valence-corrected chi connectivity index (χ4v) is 5.36. The van der Waals surface area contributed by atoms with E-state index in [1.54, 1.807) is 13.4 Å². The monoisotopic (exact) mass is 548 g/mol. The number of imidazole rings is 1. The molecule has 5 aromatic rings. The van der Waals surface area contributed by atoms with Gasteiger partial charge in [-0.25, -0.2) is 15.0 Å². The van der Waals surface area contributed by atoms with Crippen LogP contribution in [0, 0.1) is 5.92 Å². The molecule has 1 aliphatic carbocycles. The summed E-state index contributed by atoms with van der Waals surface area (Å²) in [5, 5.41) is 3.04. The number of hydrogen-bond acceptors (Lipinski definition) is 7. The van der Waals surface area contributed by atoms with E-state index >= 15 is 0 Å². The number of nitrogens with one attached hydrogen (secondary N) is 1. The highest BCUT2D eigenvalue weighted by Gasteiger charge is 2.29. The number of carbonyl (C=O) groups is 1. The third-order valence-corrected chi connectivity index (χ3v) is 7.59. The number of nitrogen functional groups attached to an aromatic ring is 1. The van der Waals surface area contributed by atoms with Crippen LogP contribution in [0.2, 0.25) is 0 Å². The second-order valence-electron chi connectivity index (χ2n) is 10.3. The predicted molar refractivity (Wildman–Crippen MR) is 159 cm³/mol. The van der Waals surface area contributed by atoms with Crippen LogP contribution in [-0.4, -0.2) is 32.5 Å². The summed E-state index contributed by atoms with van der Waals surface area (Å²) >= 11 is 0. The number of carbonyl (C=O) groups excluding carboxylic acids is 1. The SMILES string of the molecule is COc1cccc(NC(=O)[C@H]2CC[C@@H](n3cnc4c(N)nc(-c5cccc(OCc6ccccc6)c5)nc43)CC2)c1. The summed E-state index contributed by atoms with van der Waals surface area (Å²) < 4.78 is 13.4. The quantitative estimate of drug-likeness (QED) is 0.243. The largest absolute Gasteiger partial charge is 0.497 e. The molecular weight excluding hydrogens is 516 g/mol. The molecule has 0 unspecified atom stereocenters. The molecule has 0 radical (unpaired) electrons. The Morgan fingerprint density at radius 2 is 1.73 bits per heavy atom. The van der Waals surface area contributed by atoms with Crippen LogP contribution in [0.25, 0.3) is 22.6 Å². The Bertz CT molecular complexity index is 1660. The number of benzene rings is 3. The fourth-order valence-electron chi connectivity index (χ4n) is 5.36. The summed E-state index contributed by atoms with van der Waals surface area (Å²) in [7, 11) is 1.61. The molecule has 1 amide bonds. The highest BCUT2D eigenvalue weighted by Crippen LogP contribution is 2.35. The summed E-state index contributed by atoms with van der Waals surface area (Å²) in [5.74, 6) is 2.29. The van der Waals surface area contributed by atoms with Crippen LogP contribution in [0.5, 0.6) is 11.5 Å². The third kappa shape index (κ3) is 5.84. The molecule has 0 aliphatic heterocycles. The number of ether oxygens (including phenoxy) is 2. The van der Waals surface area contributed by atoms with Crippen molar-refractivity contribution in [1.82, 2.24) is 19.5 Å². The van der Waals surface area contributed by atoms with Crippen LogP contribution in [0.15, 0.2) is 85.2 Å². The lowest BCUT2D eigenvalue weighted by molar-refractivity contribution is -0.120. The van der Waals surface area contributed by atoms with Crippen molar-refractivity contribution in [3.8, 4) is 22.9 Å². The van der Waals surface area contributed by atoms with Gasteiger partial charge in [0.2, 0.25) is 5.91 Å². The van der Waals surface area contributed by atoms with Crippen LogP contribution >= 0.6 is 0 Å². The lowest BCUT2D eigenvalue weighted by Gasteiger charge is -2.28. The molecule has 2 heterocycles. The van der Waals surface area contributed by atoms with Crippen LogP contribution in [0.3, 0.4) is 0 Å². The van der Waals surface area contributed by atoms with Gasteiger partial charge in [-0.3, -0.25) is 4.79 Å². The first-order valence-electron chi connectivity index (χ1n) is 13.8. The van der Waals surface area contributed by atoms with Crippen LogP contribution in [-0.2, 0) is 11.4 Å². The van der Waals surface area contributed by atoms with E-state index in [0.29, 0.717) is 35.2 Å². The number of hydrogen-bond donors (Lipinski definition) is 2. The molecule has 9 nitrogen and oxygen atoms in total. The second-order valence-corrected chi connectivity index (χ2v) is 10.3. The zero-order valence-corrected chi connectivity index (χ0v) is 22.9. The first kappa shape index (κ1) is 26.3. The van der Waals surface area contributed by atoms with Gasteiger partial charge in [0, 0.05) is 29.3 Å². The maximum Gasteiger partial charge on any atom is 0.227 e. The van der Waals surface area contributed by atoms with E-state index in [0.717, 1.165) is 48.2 Å². The Balaban J connectivity index is 1.16. The fraction of sp³-hybridized carbons (Fsp3) is 0.250. The summed E-state index contributed by atoms with van der Waals surface area (Å²) in [6.45, 7) is 0.472. The molecule has 0 spiro atoms. The Morgan fingerprint density at radius 3 is 2.54 bits per heavy atom. The molecule has 3 aromatic carbocycles. The van der Waals surface area contributed by atoms with E-state index in [2.05, 4.69) is 19.9 Å². The van der Waals surface area contributed by atoms with Gasteiger partial charge in [-0.15, -0.1) is 0 Å². The average molecular weight is 549 g/mol. The number of rotatable bonds is 8. The van der Waals surface area contributed by atoms with Gasteiger partial charge in [-0.2, -0.15) is 0 Å². The number of anilines is 2. The highest BCUT2D eigenvalue weighted by molar-refractivity contribution is 5.92. The molecule has 3 N–H and O–H groups in total. The van der Waals surface area contributed by atoms with E-state index in [9.17, 15) is 4.79 Å². The molecule has 9 heteroatoms. The predicted octanol–water partition coefficient (Wildman–Crippen LogP) is 6.03. The number of fused-ring (bicyclic) bond motifs is 1. The van der Waals surface area contributed by atoms with Crippen molar-refractivity contribution in [3.05, 3.63) is 90.8 Å². The number of nitrogens with zero attached hydrogens (tertiary/aromatic N) is 4. The van der Waals surface area contributed by atoms with Crippen molar-refractivity contribution < 1.29 is 14.3 Å². The first-order valence-corrected chi connectivity index (χ1v) is 13.8. The summed E-state index contributed by atoms with van der Waals surface area (Å²) in [6, 6.07) is 25.3. The maximum atomic E-state index is 13.0. The number of methoxy groups -OCH3 is 1. The molecule has 2 aromatic heterocycles. The van der Waals surface area contributed by atoms with E-state index in [1.807, 2.05) is 78.9 Å². The Labute approximate surface area is 238 Å². The van der Waals surface area contributed by atoms with Crippen LogP contribution in [0.4, 0.5) is 11.5 Å². The highest BCUT2D eigenvalue weighted by atomic mass is 16.5. The third-order valence-electron chi connectivity index (χ3n) is 7.59. The zero-order chi connectivity index (χ0) is 28.2. The van der Waals surface area contributed by atoms with Gasteiger partial charge >= 0.3 is 0 Å². The lowest BCUT2D eigenvalue weighted by atomic mass is 9.85.